The van der Waals surface area contributed by atoms with Gasteiger partial charge in [0, 0.05) is 11.6 Å². The minimum absolute atomic E-state index is 0.0942. The fraction of sp³-hybridized carbons (Fsp3) is 0.348. The van der Waals surface area contributed by atoms with E-state index in [2.05, 4.69) is 11.9 Å². The van der Waals surface area contributed by atoms with Crippen LogP contribution in [0.15, 0.2) is 72.1 Å². The van der Waals surface area contributed by atoms with Gasteiger partial charge in [0.25, 0.3) is 15.9 Å². The third kappa shape index (κ3) is 5.26. The maximum Gasteiger partial charge on any atom is 0.264 e. The van der Waals surface area contributed by atoms with Gasteiger partial charge in [0.05, 0.1) is 17.1 Å². The van der Waals surface area contributed by atoms with Crippen LogP contribution in [0.4, 0.5) is 5.69 Å². The van der Waals surface area contributed by atoms with Gasteiger partial charge >= 0.3 is 0 Å². The summed E-state index contributed by atoms with van der Waals surface area (Å²) in [5, 5.41) is 3.08. The first-order valence-corrected chi connectivity index (χ1v) is 11.6. The Balaban J connectivity index is 1.84. The van der Waals surface area contributed by atoms with E-state index in [4.69, 9.17) is 0 Å². The quantitative estimate of drug-likeness (QED) is 0.537. The van der Waals surface area contributed by atoms with E-state index in [-0.39, 0.29) is 23.4 Å². The Morgan fingerprint density at radius 1 is 1.03 bits per heavy atom. The highest BCUT2D eigenvalue weighted by Crippen LogP contribution is 2.24. The molecule has 2 aromatic rings. The van der Waals surface area contributed by atoms with Crippen molar-refractivity contribution in [2.45, 2.75) is 49.5 Å². The molecular weight excluding hydrogens is 384 g/mol. The number of carbonyl (C=O) groups is 1. The topological polar surface area (TPSA) is 66.5 Å². The Hall–Kier alpha value is -2.60. The van der Waals surface area contributed by atoms with Crippen LogP contribution in [0.1, 0.15) is 48.9 Å². The molecule has 3 rings (SSSR count). The van der Waals surface area contributed by atoms with Crippen molar-refractivity contribution in [2.24, 2.45) is 0 Å². The zero-order valence-corrected chi connectivity index (χ0v) is 17.4. The standard InChI is InChI=1S/C23H28N2O3S/c1-2-17-25(21-14-8-5-9-15-21)29(27,28)22-16-10-11-19(18-22)23(26)24-20-12-6-3-4-7-13-20/h2,5,8-11,14-16,18,20H,1,3-4,6-7,12-13,17H2,(H,24,26). The minimum Gasteiger partial charge on any atom is -0.349 e. The Morgan fingerprint density at radius 2 is 1.72 bits per heavy atom. The van der Waals surface area contributed by atoms with E-state index >= 15 is 0 Å². The number of amides is 1. The average Bonchev–Trinajstić information content (AvgIpc) is 3.01. The maximum absolute atomic E-state index is 13.3. The minimum atomic E-state index is -3.83. The third-order valence-corrected chi connectivity index (χ3v) is 7.00. The lowest BCUT2D eigenvalue weighted by molar-refractivity contribution is 0.0933. The fourth-order valence-corrected chi connectivity index (χ4v) is 5.15. The molecule has 0 spiro atoms. The summed E-state index contributed by atoms with van der Waals surface area (Å²) in [6, 6.07) is 15.3. The van der Waals surface area contributed by atoms with Crippen molar-refractivity contribution in [1.29, 1.82) is 0 Å². The predicted octanol–water partition coefficient (Wildman–Crippen LogP) is 4.52. The normalized spacial score (nSPS) is 15.3. The molecule has 1 aliphatic carbocycles. The van der Waals surface area contributed by atoms with Gasteiger partial charge in [-0.15, -0.1) is 6.58 Å². The Labute approximate surface area is 173 Å². The predicted molar refractivity (Wildman–Crippen MR) is 117 cm³/mol. The van der Waals surface area contributed by atoms with Crippen LogP contribution in [0.5, 0.6) is 0 Å². The molecule has 1 saturated carbocycles. The van der Waals surface area contributed by atoms with Gasteiger partial charge in [0.2, 0.25) is 0 Å². The lowest BCUT2D eigenvalue weighted by atomic mass is 10.1. The summed E-state index contributed by atoms with van der Waals surface area (Å²) in [5.74, 6) is -0.219. The second-order valence-electron chi connectivity index (χ2n) is 7.35. The van der Waals surface area contributed by atoms with Gasteiger partial charge in [0.1, 0.15) is 0 Å². The molecule has 0 heterocycles. The molecule has 5 nitrogen and oxygen atoms in total. The largest absolute Gasteiger partial charge is 0.349 e. The molecule has 1 N–H and O–H groups in total. The van der Waals surface area contributed by atoms with Crippen LogP contribution in [0.2, 0.25) is 0 Å². The highest BCUT2D eigenvalue weighted by Gasteiger charge is 2.25. The van der Waals surface area contributed by atoms with Crippen molar-refractivity contribution in [3.05, 3.63) is 72.8 Å². The Bertz CT molecular complexity index is 934. The summed E-state index contributed by atoms with van der Waals surface area (Å²) < 4.78 is 27.9. The summed E-state index contributed by atoms with van der Waals surface area (Å²) in [7, 11) is -3.83. The van der Waals surface area contributed by atoms with Gasteiger partial charge in [-0.2, -0.15) is 0 Å². The number of anilines is 1. The number of hydrogen-bond donors (Lipinski definition) is 1. The van der Waals surface area contributed by atoms with E-state index in [0.717, 1.165) is 25.7 Å². The average molecular weight is 413 g/mol. The molecule has 0 bridgehead atoms. The molecule has 0 atom stereocenters. The van der Waals surface area contributed by atoms with Gasteiger partial charge < -0.3 is 5.32 Å². The molecule has 0 radical (unpaired) electrons. The van der Waals surface area contributed by atoms with Crippen molar-refractivity contribution in [3.8, 4) is 0 Å². The highest BCUT2D eigenvalue weighted by molar-refractivity contribution is 7.92. The monoisotopic (exact) mass is 412 g/mol. The van der Waals surface area contributed by atoms with Gasteiger partial charge in [-0.3, -0.25) is 9.10 Å². The molecule has 0 saturated heterocycles. The molecule has 1 amide bonds. The first kappa shape index (κ1) is 21.1. The number of para-hydroxylation sites is 1. The Kier molecular flexibility index (Phi) is 7.09. The van der Waals surface area contributed by atoms with Crippen molar-refractivity contribution >= 4 is 21.6 Å². The third-order valence-electron chi connectivity index (χ3n) is 5.21. The van der Waals surface area contributed by atoms with E-state index in [1.165, 1.54) is 29.3 Å². The summed E-state index contributed by atoms with van der Waals surface area (Å²) in [6.45, 7) is 3.83. The van der Waals surface area contributed by atoms with Crippen LogP contribution in [-0.2, 0) is 10.0 Å². The second kappa shape index (κ2) is 9.74. The maximum atomic E-state index is 13.3. The zero-order valence-electron chi connectivity index (χ0n) is 16.6. The number of sulfonamides is 1. The molecule has 154 valence electrons. The summed E-state index contributed by atoms with van der Waals surface area (Å²) >= 11 is 0. The molecule has 1 fully saturated rings. The van der Waals surface area contributed by atoms with Crippen LogP contribution in [0.3, 0.4) is 0 Å². The SMILES string of the molecule is C=CCN(c1ccccc1)S(=O)(=O)c1cccc(C(=O)NC2CCCCCC2)c1. The highest BCUT2D eigenvalue weighted by atomic mass is 32.2. The van der Waals surface area contributed by atoms with Gasteiger partial charge in [0.15, 0.2) is 0 Å². The Morgan fingerprint density at radius 3 is 2.38 bits per heavy atom. The van der Waals surface area contributed by atoms with Crippen molar-refractivity contribution < 1.29 is 13.2 Å². The number of nitrogens with one attached hydrogen (secondary N) is 1. The smallest absolute Gasteiger partial charge is 0.264 e. The van der Waals surface area contributed by atoms with Gasteiger partial charge in [-0.1, -0.05) is 56.0 Å². The van der Waals surface area contributed by atoms with Crippen molar-refractivity contribution in [3.63, 3.8) is 0 Å². The first-order valence-electron chi connectivity index (χ1n) is 10.1. The molecule has 29 heavy (non-hydrogen) atoms. The van der Waals surface area contributed by atoms with Crippen LogP contribution in [0.25, 0.3) is 0 Å². The molecule has 1 aliphatic rings. The van der Waals surface area contributed by atoms with Crippen LogP contribution < -0.4 is 9.62 Å². The number of nitrogens with zero attached hydrogens (tertiary/aromatic N) is 1. The summed E-state index contributed by atoms with van der Waals surface area (Å²) in [4.78, 5) is 12.8. The van der Waals surface area contributed by atoms with Crippen molar-refractivity contribution in [1.82, 2.24) is 5.32 Å². The molecule has 6 heteroatoms. The van der Waals surface area contributed by atoms with E-state index in [1.807, 2.05) is 6.07 Å². The summed E-state index contributed by atoms with van der Waals surface area (Å²) in [6.07, 6.45) is 8.15. The van der Waals surface area contributed by atoms with Crippen LogP contribution in [-0.4, -0.2) is 26.9 Å². The lowest BCUT2D eigenvalue weighted by Crippen LogP contribution is -2.35. The molecule has 0 unspecified atom stereocenters. The lowest BCUT2D eigenvalue weighted by Gasteiger charge is -2.23. The second-order valence-corrected chi connectivity index (χ2v) is 9.21. The number of hydrogen-bond acceptors (Lipinski definition) is 3. The van der Waals surface area contributed by atoms with Gasteiger partial charge in [-0.25, -0.2) is 8.42 Å². The molecule has 2 aromatic carbocycles. The van der Waals surface area contributed by atoms with E-state index < -0.39 is 10.0 Å². The van der Waals surface area contributed by atoms with E-state index in [0.29, 0.717) is 11.3 Å². The first-order chi connectivity index (χ1) is 14.0. The van der Waals surface area contributed by atoms with Crippen molar-refractivity contribution in [2.75, 3.05) is 10.8 Å². The molecule has 0 aliphatic heterocycles. The van der Waals surface area contributed by atoms with Gasteiger partial charge in [-0.05, 0) is 43.2 Å². The number of rotatable bonds is 7. The summed E-state index contributed by atoms with van der Waals surface area (Å²) in [5.41, 5.74) is 0.919. The molecular formula is C23H28N2O3S. The number of benzene rings is 2. The number of carbonyl (C=O) groups excluding carboxylic acids is 1. The molecule has 0 aromatic heterocycles. The zero-order chi connectivity index (χ0) is 20.7. The fourth-order valence-electron chi connectivity index (χ4n) is 3.67. The van der Waals surface area contributed by atoms with Crippen LogP contribution in [0, 0.1) is 0 Å². The van der Waals surface area contributed by atoms with E-state index in [1.54, 1.807) is 42.5 Å². The van der Waals surface area contributed by atoms with Crippen LogP contribution >= 0.6 is 0 Å². The van der Waals surface area contributed by atoms with E-state index in [9.17, 15) is 13.2 Å².